The van der Waals surface area contributed by atoms with Gasteiger partial charge >= 0.3 is 0 Å². The SMILES string of the molecule is O=C(Nc1nonc1/C=N/ONc1ccc(F)c(Br)c1)C1CCCC1. The van der Waals surface area contributed by atoms with E-state index in [1.165, 1.54) is 24.4 Å². The van der Waals surface area contributed by atoms with Crippen LogP contribution < -0.4 is 10.8 Å². The van der Waals surface area contributed by atoms with Crippen molar-refractivity contribution in [1.82, 2.24) is 10.3 Å². The standard InChI is InChI=1S/C15H15BrFN5O3/c16-11-7-10(5-6-12(11)17)20-24-18-8-13-14(22-25-21-13)19-15(23)9-3-1-2-4-9/h5-9,20H,1-4H2,(H,19,22,23)/b18-8+. The van der Waals surface area contributed by atoms with Crippen molar-refractivity contribution in [1.29, 1.82) is 0 Å². The molecular weight excluding hydrogens is 397 g/mol. The number of halogens is 2. The predicted octanol–water partition coefficient (Wildman–Crippen LogP) is 3.48. The van der Waals surface area contributed by atoms with Gasteiger partial charge in [-0.1, -0.05) is 18.0 Å². The van der Waals surface area contributed by atoms with Crippen molar-refractivity contribution in [3.63, 3.8) is 0 Å². The van der Waals surface area contributed by atoms with E-state index < -0.39 is 0 Å². The summed E-state index contributed by atoms with van der Waals surface area (Å²) < 4.78 is 18.0. The maximum absolute atomic E-state index is 13.1. The molecule has 1 heterocycles. The third kappa shape index (κ3) is 4.53. The second-order valence-electron chi connectivity index (χ2n) is 5.53. The number of anilines is 2. The molecule has 2 aromatic rings. The van der Waals surface area contributed by atoms with Crippen molar-refractivity contribution in [3.05, 3.63) is 34.2 Å². The summed E-state index contributed by atoms with van der Waals surface area (Å²) in [5.41, 5.74) is 3.25. The Balaban J connectivity index is 1.54. The second kappa shape index (κ2) is 8.06. The van der Waals surface area contributed by atoms with Crippen LogP contribution in [0.5, 0.6) is 0 Å². The third-order valence-corrected chi connectivity index (χ3v) is 4.40. The molecule has 0 aliphatic heterocycles. The van der Waals surface area contributed by atoms with E-state index in [2.05, 4.69) is 46.8 Å². The molecule has 1 aromatic heterocycles. The van der Waals surface area contributed by atoms with E-state index in [9.17, 15) is 9.18 Å². The predicted molar refractivity (Wildman–Crippen MR) is 91.3 cm³/mol. The van der Waals surface area contributed by atoms with Crippen molar-refractivity contribution in [2.24, 2.45) is 11.1 Å². The van der Waals surface area contributed by atoms with Gasteiger partial charge in [0.1, 0.15) is 12.0 Å². The number of hydrogen-bond donors (Lipinski definition) is 2. The molecule has 0 unspecified atom stereocenters. The highest BCUT2D eigenvalue weighted by Crippen LogP contribution is 2.26. The molecule has 1 aromatic carbocycles. The summed E-state index contributed by atoms with van der Waals surface area (Å²) in [6.45, 7) is 0. The van der Waals surface area contributed by atoms with E-state index in [1.807, 2.05) is 0 Å². The lowest BCUT2D eigenvalue weighted by Gasteiger charge is -2.07. The van der Waals surface area contributed by atoms with Crippen LogP contribution in [0.25, 0.3) is 0 Å². The summed E-state index contributed by atoms with van der Waals surface area (Å²) in [6.07, 6.45) is 5.11. The van der Waals surface area contributed by atoms with Crippen molar-refractivity contribution in [2.75, 3.05) is 10.8 Å². The summed E-state index contributed by atoms with van der Waals surface area (Å²) in [4.78, 5) is 17.0. The summed E-state index contributed by atoms with van der Waals surface area (Å²) in [7, 11) is 0. The van der Waals surface area contributed by atoms with Crippen molar-refractivity contribution in [2.45, 2.75) is 25.7 Å². The topological polar surface area (TPSA) is 102 Å². The molecule has 0 atom stereocenters. The zero-order valence-corrected chi connectivity index (χ0v) is 14.6. The zero-order valence-electron chi connectivity index (χ0n) is 13.0. The number of nitrogens with zero attached hydrogens (tertiary/aromatic N) is 3. The average molecular weight is 412 g/mol. The van der Waals surface area contributed by atoms with Crippen LogP contribution >= 0.6 is 15.9 Å². The molecule has 3 rings (SSSR count). The molecule has 1 aliphatic rings. The first-order valence-corrected chi connectivity index (χ1v) is 8.46. The van der Waals surface area contributed by atoms with Crippen LogP contribution in [0.1, 0.15) is 31.4 Å². The first-order chi connectivity index (χ1) is 12.1. The van der Waals surface area contributed by atoms with Gasteiger partial charge in [-0.05, 0) is 57.3 Å². The number of carbonyl (C=O) groups excluding carboxylic acids is 1. The van der Waals surface area contributed by atoms with Crippen LogP contribution in [-0.4, -0.2) is 22.4 Å². The number of aromatic nitrogens is 2. The summed E-state index contributed by atoms with van der Waals surface area (Å²) in [5, 5.41) is 13.7. The van der Waals surface area contributed by atoms with E-state index in [1.54, 1.807) is 0 Å². The molecule has 1 aliphatic carbocycles. The average Bonchev–Trinajstić information content (AvgIpc) is 3.27. The fourth-order valence-electron chi connectivity index (χ4n) is 2.49. The normalized spacial score (nSPS) is 14.8. The van der Waals surface area contributed by atoms with Gasteiger partial charge in [-0.2, -0.15) is 5.48 Å². The fraction of sp³-hybridized carbons (Fsp3) is 0.333. The number of hydrogen-bond acceptors (Lipinski definition) is 7. The molecule has 1 saturated carbocycles. The minimum Gasteiger partial charge on any atom is -0.306 e. The van der Waals surface area contributed by atoms with E-state index in [4.69, 9.17) is 4.94 Å². The van der Waals surface area contributed by atoms with Crippen LogP contribution in [-0.2, 0) is 9.73 Å². The molecule has 1 fully saturated rings. The minimum atomic E-state index is -0.384. The van der Waals surface area contributed by atoms with Gasteiger partial charge in [-0.15, -0.1) is 0 Å². The van der Waals surface area contributed by atoms with Gasteiger partial charge in [0.2, 0.25) is 11.7 Å². The van der Waals surface area contributed by atoms with E-state index >= 15 is 0 Å². The van der Waals surface area contributed by atoms with Crippen LogP contribution in [0.4, 0.5) is 15.9 Å². The van der Waals surface area contributed by atoms with Gasteiger partial charge in [0.05, 0.1) is 10.2 Å². The number of rotatable bonds is 6. The summed E-state index contributed by atoms with van der Waals surface area (Å²) >= 11 is 3.07. The van der Waals surface area contributed by atoms with Crippen molar-refractivity contribution >= 4 is 39.6 Å². The lowest BCUT2D eigenvalue weighted by Crippen LogP contribution is -2.21. The molecule has 0 bridgehead atoms. The van der Waals surface area contributed by atoms with Gasteiger partial charge in [0, 0.05) is 5.92 Å². The van der Waals surface area contributed by atoms with Crippen LogP contribution in [0.3, 0.4) is 0 Å². The Bertz CT molecular complexity index is 776. The number of oxime groups is 1. The number of amides is 1. The highest BCUT2D eigenvalue weighted by molar-refractivity contribution is 9.10. The van der Waals surface area contributed by atoms with Gasteiger partial charge in [-0.25, -0.2) is 9.02 Å². The first kappa shape index (κ1) is 17.3. The molecule has 1 amide bonds. The molecule has 10 heteroatoms. The highest BCUT2D eigenvalue weighted by Gasteiger charge is 2.24. The number of benzene rings is 1. The monoisotopic (exact) mass is 411 g/mol. The Kier molecular flexibility index (Phi) is 5.59. The molecule has 8 nitrogen and oxygen atoms in total. The Morgan fingerprint density at radius 1 is 1.40 bits per heavy atom. The van der Waals surface area contributed by atoms with Gasteiger partial charge in [0.25, 0.3) is 0 Å². The number of nitrogens with one attached hydrogen (secondary N) is 2. The minimum absolute atomic E-state index is 0.00340. The van der Waals surface area contributed by atoms with Crippen molar-refractivity contribution in [3.8, 4) is 0 Å². The van der Waals surface area contributed by atoms with E-state index in [-0.39, 0.29) is 29.2 Å². The highest BCUT2D eigenvalue weighted by atomic mass is 79.9. The molecular formula is C15H15BrFN5O3. The zero-order chi connectivity index (χ0) is 17.6. The molecule has 0 spiro atoms. The summed E-state index contributed by atoms with van der Waals surface area (Å²) in [6, 6.07) is 4.26. The molecule has 132 valence electrons. The third-order valence-electron chi connectivity index (χ3n) is 3.79. The number of carbonyl (C=O) groups is 1. The van der Waals surface area contributed by atoms with Crippen LogP contribution in [0, 0.1) is 11.7 Å². The van der Waals surface area contributed by atoms with Crippen LogP contribution in [0.2, 0.25) is 0 Å². The second-order valence-corrected chi connectivity index (χ2v) is 6.38. The first-order valence-electron chi connectivity index (χ1n) is 7.67. The summed E-state index contributed by atoms with van der Waals surface area (Å²) in [5.74, 6) is -0.298. The largest absolute Gasteiger partial charge is 0.306 e. The molecule has 0 saturated heterocycles. The van der Waals surface area contributed by atoms with E-state index in [0.29, 0.717) is 10.2 Å². The fourth-order valence-corrected chi connectivity index (χ4v) is 2.87. The lowest BCUT2D eigenvalue weighted by atomic mass is 10.1. The quantitative estimate of drug-likeness (QED) is 0.557. The Morgan fingerprint density at radius 2 is 2.20 bits per heavy atom. The van der Waals surface area contributed by atoms with Gasteiger partial charge in [-0.3, -0.25) is 9.73 Å². The van der Waals surface area contributed by atoms with Crippen molar-refractivity contribution < 1.29 is 18.8 Å². The Morgan fingerprint density at radius 3 is 2.96 bits per heavy atom. The lowest BCUT2D eigenvalue weighted by molar-refractivity contribution is -0.119. The molecule has 2 N–H and O–H groups in total. The Hall–Kier alpha value is -2.49. The maximum atomic E-state index is 13.1. The van der Waals surface area contributed by atoms with Crippen LogP contribution in [0.15, 0.2) is 32.5 Å². The maximum Gasteiger partial charge on any atom is 0.228 e. The molecule has 25 heavy (non-hydrogen) atoms. The Labute approximate surface area is 150 Å². The van der Waals surface area contributed by atoms with E-state index in [0.717, 1.165) is 25.7 Å². The van der Waals surface area contributed by atoms with Gasteiger partial charge < -0.3 is 5.32 Å². The smallest absolute Gasteiger partial charge is 0.228 e. The molecule has 0 radical (unpaired) electrons. The van der Waals surface area contributed by atoms with Gasteiger partial charge in [0.15, 0.2) is 5.69 Å².